The topological polar surface area (TPSA) is 6.25 Å². The molecule has 2 aliphatic rings. The minimum absolute atomic E-state index is 0. The molecule has 0 saturated carbocycles. The van der Waals surface area contributed by atoms with Gasteiger partial charge in [0, 0.05) is 61.4 Å². The molecular formula is C37H52Br5ClN4. The number of benzene rings is 2. The third kappa shape index (κ3) is 10.9. The number of fused-ring (bicyclic) bond motifs is 2. The van der Waals surface area contributed by atoms with Gasteiger partial charge in [-0.15, -0.1) is 0 Å². The van der Waals surface area contributed by atoms with E-state index in [1.807, 2.05) is 0 Å². The van der Waals surface area contributed by atoms with Crippen LogP contribution in [0.15, 0.2) is 80.4 Å². The van der Waals surface area contributed by atoms with E-state index in [2.05, 4.69) is 172 Å². The monoisotopic (exact) mass is 982 g/mol. The zero-order valence-corrected chi connectivity index (χ0v) is 38.3. The van der Waals surface area contributed by atoms with Crippen LogP contribution in [-0.2, 0) is 10.8 Å². The Morgan fingerprint density at radius 3 is 1.96 bits per heavy atom. The third-order valence-electron chi connectivity index (χ3n) is 8.93. The molecule has 0 amide bonds. The number of allylic oxidation sites excluding steroid dienone is 6. The normalized spacial score (nSPS) is 17.8. The van der Waals surface area contributed by atoms with Crippen molar-refractivity contribution >= 4 is 60.5 Å². The number of rotatable bonds is 11. The van der Waals surface area contributed by atoms with Gasteiger partial charge in [0.1, 0.15) is 0 Å². The molecule has 0 bridgehead atoms. The summed E-state index contributed by atoms with van der Waals surface area (Å²) in [4.78, 5) is 2.50. The quantitative estimate of drug-likeness (QED) is 0.177. The van der Waals surface area contributed by atoms with E-state index < -0.39 is 0 Å². The van der Waals surface area contributed by atoms with Crippen LogP contribution in [0.25, 0.3) is 0 Å². The summed E-state index contributed by atoms with van der Waals surface area (Å²) in [5.41, 5.74) is 7.59. The molecule has 47 heavy (non-hydrogen) atoms. The minimum Gasteiger partial charge on any atom is -1.00 e. The Morgan fingerprint density at radius 1 is 0.809 bits per heavy atom. The summed E-state index contributed by atoms with van der Waals surface area (Å²) in [5.74, 6) is 0. The lowest BCUT2D eigenvalue weighted by molar-refractivity contribution is -0.871. The number of hydrogen-bond donors (Lipinski definition) is 0. The second-order valence-electron chi connectivity index (χ2n) is 15.4. The molecule has 2 aromatic rings. The molecule has 2 heterocycles. The van der Waals surface area contributed by atoms with Crippen LogP contribution in [0.1, 0.15) is 51.7 Å². The summed E-state index contributed by atoms with van der Waals surface area (Å²) < 4.78 is 6.65. The van der Waals surface area contributed by atoms with E-state index in [4.69, 9.17) is 11.6 Å². The molecule has 2 aliphatic heterocycles. The molecule has 262 valence electrons. The molecule has 0 aromatic heterocycles. The number of hydrogen-bond acceptors (Lipinski definition) is 1. The summed E-state index contributed by atoms with van der Waals surface area (Å²) in [6.45, 7) is 13.5. The fourth-order valence-electron chi connectivity index (χ4n) is 6.56. The average molecular weight is 988 g/mol. The minimum atomic E-state index is -0.132. The van der Waals surface area contributed by atoms with Gasteiger partial charge in [-0.2, -0.15) is 4.58 Å². The van der Waals surface area contributed by atoms with E-state index in [-0.39, 0.29) is 61.8 Å². The fraction of sp³-hybridized carbons (Fsp3) is 0.486. The first-order valence-corrected chi connectivity index (χ1v) is 17.7. The van der Waals surface area contributed by atoms with E-state index in [1.165, 1.54) is 33.9 Å². The molecule has 2 aromatic carbocycles. The van der Waals surface area contributed by atoms with Crippen LogP contribution in [0.3, 0.4) is 0 Å². The van der Waals surface area contributed by atoms with Crippen LogP contribution in [0.5, 0.6) is 0 Å². The van der Waals surface area contributed by atoms with Crippen molar-refractivity contribution in [3.05, 3.63) is 91.5 Å². The van der Waals surface area contributed by atoms with Crippen molar-refractivity contribution in [2.45, 2.75) is 51.4 Å². The summed E-state index contributed by atoms with van der Waals surface area (Å²) in [7, 11) is 13.6. The molecule has 0 fully saturated rings. The predicted molar refractivity (Wildman–Crippen MR) is 198 cm³/mol. The molecule has 0 radical (unpaired) electrons. The highest BCUT2D eigenvalue weighted by atomic mass is 79.9. The Kier molecular flexibility index (Phi) is 16.5. The van der Waals surface area contributed by atoms with Gasteiger partial charge in [0.15, 0.2) is 12.3 Å². The zero-order chi connectivity index (χ0) is 32.7. The Bertz CT molecular complexity index is 1530. The van der Waals surface area contributed by atoms with Crippen LogP contribution in [-0.4, -0.2) is 87.7 Å². The van der Waals surface area contributed by atoms with Crippen LogP contribution in [0, 0.1) is 0 Å². The van der Waals surface area contributed by atoms with Crippen molar-refractivity contribution in [2.24, 2.45) is 0 Å². The molecule has 4 rings (SSSR count). The molecule has 0 saturated heterocycles. The van der Waals surface area contributed by atoms with Crippen molar-refractivity contribution < 1.29 is 64.5 Å². The summed E-state index contributed by atoms with van der Waals surface area (Å²) in [6.07, 6.45) is 10.9. The zero-order valence-electron chi connectivity index (χ0n) is 29.6. The van der Waals surface area contributed by atoms with Gasteiger partial charge >= 0.3 is 0 Å². The van der Waals surface area contributed by atoms with E-state index in [1.54, 1.807) is 0 Å². The average Bonchev–Trinajstić information content (AvgIpc) is 3.22. The number of quaternary nitrogens is 2. The van der Waals surface area contributed by atoms with Gasteiger partial charge in [0.05, 0.1) is 67.2 Å². The van der Waals surface area contributed by atoms with Gasteiger partial charge in [0.25, 0.3) is 0 Å². The highest BCUT2D eigenvalue weighted by Crippen LogP contribution is 2.49. The molecule has 0 spiro atoms. The first-order chi connectivity index (χ1) is 20.3. The molecule has 0 unspecified atom stereocenters. The lowest BCUT2D eigenvalue weighted by Crippen LogP contribution is -3.00. The first kappa shape index (κ1) is 44.8. The second kappa shape index (κ2) is 17.3. The van der Waals surface area contributed by atoms with Crippen LogP contribution in [0.4, 0.5) is 11.4 Å². The standard InChI is InChI=1S/C37H52Br2ClN4.3BrH/c1-36(2)30-25-27(38)13-17-32(30)41(21-11-23-43(5,6)7)34(36)19-15-29(40)16-20-35-37(3,4)31-26-28(39)14-18-33(31)42(35)22-12-24-44(8,9)10;;;/h13-20,25-26H,11-12,21-24H2,1-10H3;3*1H/q+3;;;/p-3. The van der Waals surface area contributed by atoms with Crippen molar-refractivity contribution in [2.75, 3.05) is 73.4 Å². The Hall–Kier alpha value is -0.260. The predicted octanol–water partition coefficient (Wildman–Crippen LogP) is 0.153. The molecule has 0 aliphatic carbocycles. The van der Waals surface area contributed by atoms with Crippen LogP contribution < -0.4 is 55.8 Å². The number of halogens is 6. The lowest BCUT2D eigenvalue weighted by atomic mass is 9.81. The maximum Gasteiger partial charge on any atom is 0.209 e. The van der Waals surface area contributed by atoms with Gasteiger partial charge in [0.2, 0.25) is 5.69 Å². The SMILES string of the molecule is CC1(C)C(/C=C/C(Cl)=C/C=C2/N(CCC[N+](C)(C)C)c3ccc(Br)cc3C2(C)C)=[N+](CCC[N+](C)(C)C)c2ccc(Br)cc21.[Br-].[Br-].[Br-]. The molecule has 10 heteroatoms. The van der Waals surface area contributed by atoms with E-state index in [9.17, 15) is 0 Å². The smallest absolute Gasteiger partial charge is 0.209 e. The molecule has 0 N–H and O–H groups in total. The third-order valence-corrected chi connectivity index (χ3v) is 10.2. The van der Waals surface area contributed by atoms with E-state index >= 15 is 0 Å². The van der Waals surface area contributed by atoms with Gasteiger partial charge < -0.3 is 64.8 Å². The Labute approximate surface area is 338 Å². The van der Waals surface area contributed by atoms with Gasteiger partial charge in [-0.3, -0.25) is 0 Å². The first-order valence-electron chi connectivity index (χ1n) is 15.7. The molecule has 0 atom stereocenters. The van der Waals surface area contributed by atoms with E-state index in [0.29, 0.717) is 0 Å². The molecule has 4 nitrogen and oxygen atoms in total. The highest BCUT2D eigenvalue weighted by Gasteiger charge is 2.44. The van der Waals surface area contributed by atoms with Crippen molar-refractivity contribution in [1.29, 1.82) is 0 Å². The van der Waals surface area contributed by atoms with Crippen LogP contribution in [0.2, 0.25) is 0 Å². The fourth-order valence-corrected chi connectivity index (χ4v) is 7.40. The second-order valence-corrected chi connectivity index (χ2v) is 17.7. The highest BCUT2D eigenvalue weighted by molar-refractivity contribution is 9.10. The van der Waals surface area contributed by atoms with Crippen molar-refractivity contribution in [1.82, 2.24) is 0 Å². The van der Waals surface area contributed by atoms with Gasteiger partial charge in [-0.1, -0.05) is 57.3 Å². The summed E-state index contributed by atoms with van der Waals surface area (Å²) in [5, 5.41) is 0.725. The Balaban J connectivity index is 0.00000368. The maximum atomic E-state index is 6.98. The Morgan fingerprint density at radius 2 is 1.36 bits per heavy atom. The number of anilines is 1. The number of nitrogens with zero attached hydrogens (tertiary/aromatic N) is 4. The largest absolute Gasteiger partial charge is 1.00 e. The van der Waals surface area contributed by atoms with Crippen molar-refractivity contribution in [3.63, 3.8) is 0 Å². The summed E-state index contributed by atoms with van der Waals surface area (Å²) in [6, 6.07) is 13.4. The van der Waals surface area contributed by atoms with Gasteiger partial charge in [-0.25, -0.2) is 0 Å². The van der Waals surface area contributed by atoms with E-state index in [0.717, 1.165) is 62.0 Å². The summed E-state index contributed by atoms with van der Waals surface area (Å²) >= 11 is 14.4. The maximum absolute atomic E-state index is 6.98. The van der Waals surface area contributed by atoms with Crippen molar-refractivity contribution in [3.8, 4) is 0 Å². The van der Waals surface area contributed by atoms with Crippen LogP contribution >= 0.6 is 43.5 Å². The van der Waals surface area contributed by atoms with Gasteiger partial charge in [-0.05, 0) is 68.0 Å². The lowest BCUT2D eigenvalue weighted by Gasteiger charge is -2.29. The molecular weight excluding hydrogens is 935 g/mol.